The lowest BCUT2D eigenvalue weighted by atomic mass is 10.1. The minimum absolute atomic E-state index is 0.00696. The summed E-state index contributed by atoms with van der Waals surface area (Å²) in [6.45, 7) is 0.493. The molecule has 2 rings (SSSR count). The van der Waals surface area contributed by atoms with E-state index < -0.39 is 21.7 Å². The maximum atomic E-state index is 12.6. The average molecular weight is 433 g/mol. The van der Waals surface area contributed by atoms with Gasteiger partial charge in [-0.2, -0.15) is 0 Å². The van der Waals surface area contributed by atoms with Crippen LogP contribution in [0.25, 0.3) is 0 Å². The van der Waals surface area contributed by atoms with Crippen molar-refractivity contribution in [3.63, 3.8) is 0 Å². The van der Waals surface area contributed by atoms with Gasteiger partial charge in [-0.05, 0) is 49.5 Å². The molecule has 0 aromatic heterocycles. The van der Waals surface area contributed by atoms with Gasteiger partial charge in [0, 0.05) is 18.4 Å². The fourth-order valence-corrected chi connectivity index (χ4v) is 3.68. The number of benzene rings is 1. The van der Waals surface area contributed by atoms with E-state index in [1.165, 1.54) is 18.2 Å². The number of allylic oxidation sites excluding steroid dienone is 7. The summed E-state index contributed by atoms with van der Waals surface area (Å²) >= 11 is 0. The van der Waals surface area contributed by atoms with Crippen LogP contribution in [0.2, 0.25) is 0 Å². The molecular formula is C23H28O6S. The van der Waals surface area contributed by atoms with Crippen LogP contribution in [-0.2, 0) is 14.6 Å². The third-order valence-corrected chi connectivity index (χ3v) is 5.55. The van der Waals surface area contributed by atoms with E-state index in [-0.39, 0.29) is 17.1 Å². The molecule has 0 saturated heterocycles. The fraction of sp³-hybridized carbons (Fsp3) is 0.348. The van der Waals surface area contributed by atoms with Crippen molar-refractivity contribution in [2.45, 2.75) is 31.8 Å². The van der Waals surface area contributed by atoms with Crippen LogP contribution < -0.4 is 4.74 Å². The molecule has 1 aromatic carbocycles. The van der Waals surface area contributed by atoms with Crippen molar-refractivity contribution in [3.8, 4) is 5.75 Å². The van der Waals surface area contributed by atoms with E-state index in [1.54, 1.807) is 6.08 Å². The van der Waals surface area contributed by atoms with Crippen molar-refractivity contribution in [3.05, 3.63) is 76.8 Å². The first-order valence-electron chi connectivity index (χ1n) is 9.85. The number of carbonyl (C=O) groups is 1. The number of aliphatic hydroxyl groups is 2. The summed E-state index contributed by atoms with van der Waals surface area (Å²) in [7, 11) is -3.64. The van der Waals surface area contributed by atoms with Gasteiger partial charge in [-0.15, -0.1) is 0 Å². The van der Waals surface area contributed by atoms with Crippen molar-refractivity contribution in [2.24, 2.45) is 0 Å². The zero-order valence-electron chi connectivity index (χ0n) is 17.0. The van der Waals surface area contributed by atoms with Gasteiger partial charge >= 0.3 is 0 Å². The van der Waals surface area contributed by atoms with Crippen LogP contribution in [-0.4, -0.2) is 50.0 Å². The zero-order valence-corrected chi connectivity index (χ0v) is 17.8. The highest BCUT2D eigenvalue weighted by Gasteiger charge is 2.31. The molecule has 0 fully saturated rings. The molecule has 0 heterocycles. The van der Waals surface area contributed by atoms with Crippen LogP contribution in [0.3, 0.4) is 0 Å². The average Bonchev–Trinajstić information content (AvgIpc) is 3.03. The van der Waals surface area contributed by atoms with Gasteiger partial charge in [0.15, 0.2) is 9.84 Å². The molecular weight excluding hydrogens is 404 g/mol. The summed E-state index contributed by atoms with van der Waals surface area (Å²) in [6.07, 6.45) is 10.3. The van der Waals surface area contributed by atoms with E-state index in [0.717, 1.165) is 12.0 Å². The van der Waals surface area contributed by atoms with Gasteiger partial charge in [0.2, 0.25) is 5.78 Å². The first-order valence-corrected chi connectivity index (χ1v) is 11.7. The number of sulfone groups is 1. The smallest absolute Gasteiger partial charge is 0.205 e. The summed E-state index contributed by atoms with van der Waals surface area (Å²) in [5, 5.41) is 18.6. The van der Waals surface area contributed by atoms with E-state index in [0.29, 0.717) is 37.9 Å². The number of unbranched alkanes of at least 4 members (excludes halogenated alkanes) is 1. The second-order valence-corrected chi connectivity index (χ2v) is 8.96. The van der Waals surface area contributed by atoms with Gasteiger partial charge in [0.25, 0.3) is 0 Å². The Morgan fingerprint density at radius 3 is 2.57 bits per heavy atom. The number of ether oxygens (including phenoxy) is 1. The predicted octanol–water partition coefficient (Wildman–Crippen LogP) is 2.90. The van der Waals surface area contributed by atoms with Gasteiger partial charge in [0.05, 0.1) is 12.7 Å². The van der Waals surface area contributed by atoms with E-state index in [4.69, 9.17) is 9.84 Å². The van der Waals surface area contributed by atoms with Gasteiger partial charge in [-0.25, -0.2) is 8.42 Å². The standard InChI is InChI=1S/C23H28O6S/c1-30(27,28)22-17-18(9-5-6-16-29-20-12-3-2-4-13-20)21(23(22)26)14-7-10-19(25)11-8-15-24/h2-4,7,9-10,12-14,17,19,24-25H,5-6,8,11,15-16H2,1H3/b10-7-,18-9?,21-14?. The highest BCUT2D eigenvalue weighted by atomic mass is 32.2. The summed E-state index contributed by atoms with van der Waals surface area (Å²) in [4.78, 5) is 12.3. The number of Topliss-reactive ketones (excluding diaryl/α,β-unsaturated/α-hetero) is 1. The summed E-state index contributed by atoms with van der Waals surface area (Å²) in [5.74, 6) is 0.240. The molecule has 1 atom stereocenters. The Kier molecular flexibility index (Phi) is 9.23. The molecule has 2 N–H and O–H groups in total. The third kappa shape index (κ3) is 7.40. The molecule has 0 bridgehead atoms. The van der Waals surface area contributed by atoms with Gasteiger partial charge in [-0.1, -0.05) is 42.5 Å². The van der Waals surface area contributed by atoms with Crippen LogP contribution in [0, 0.1) is 0 Å². The van der Waals surface area contributed by atoms with Crippen LogP contribution >= 0.6 is 0 Å². The summed E-state index contributed by atoms with van der Waals surface area (Å²) < 4.78 is 29.5. The van der Waals surface area contributed by atoms with Crippen LogP contribution in [0.1, 0.15) is 25.7 Å². The van der Waals surface area contributed by atoms with Crippen molar-refractivity contribution in [1.82, 2.24) is 0 Å². The number of hydrogen-bond donors (Lipinski definition) is 2. The normalized spacial score (nSPS) is 18.4. The Bertz CT molecular complexity index is 939. The Morgan fingerprint density at radius 2 is 1.90 bits per heavy atom. The number of para-hydroxylation sites is 1. The SMILES string of the molecule is CS(=O)(=O)C1=CC(=CCCCOc2ccccc2)C(=C/C=C\C(O)CCCO)C1=O. The lowest BCUT2D eigenvalue weighted by Gasteiger charge is -2.05. The number of carbonyl (C=O) groups excluding carboxylic acids is 1. The Hall–Kier alpha value is -2.48. The molecule has 0 amide bonds. The highest BCUT2D eigenvalue weighted by molar-refractivity contribution is 7.95. The summed E-state index contributed by atoms with van der Waals surface area (Å²) in [5.41, 5.74) is 0.833. The zero-order chi connectivity index (χ0) is 22.0. The Balaban J connectivity index is 2.06. The molecule has 0 radical (unpaired) electrons. The van der Waals surface area contributed by atoms with Crippen molar-refractivity contribution >= 4 is 15.6 Å². The Labute approximate surface area is 177 Å². The van der Waals surface area contributed by atoms with Crippen LogP contribution in [0.15, 0.2) is 76.8 Å². The number of aliphatic hydroxyl groups excluding tert-OH is 2. The van der Waals surface area contributed by atoms with E-state index in [2.05, 4.69) is 0 Å². The second kappa shape index (κ2) is 11.6. The molecule has 162 valence electrons. The maximum absolute atomic E-state index is 12.6. The molecule has 1 aromatic rings. The van der Waals surface area contributed by atoms with Crippen LogP contribution in [0.4, 0.5) is 0 Å². The minimum atomic E-state index is -3.64. The molecule has 1 aliphatic rings. The molecule has 1 aliphatic carbocycles. The molecule has 1 unspecified atom stereocenters. The van der Waals surface area contributed by atoms with Gasteiger partial charge in [-0.3, -0.25) is 4.79 Å². The van der Waals surface area contributed by atoms with Gasteiger partial charge < -0.3 is 14.9 Å². The highest BCUT2D eigenvalue weighted by Crippen LogP contribution is 2.30. The monoisotopic (exact) mass is 432 g/mol. The number of ketones is 1. The van der Waals surface area contributed by atoms with Crippen molar-refractivity contribution in [2.75, 3.05) is 19.5 Å². The van der Waals surface area contributed by atoms with Gasteiger partial charge in [0.1, 0.15) is 10.7 Å². The first kappa shape index (κ1) is 23.8. The lowest BCUT2D eigenvalue weighted by molar-refractivity contribution is -0.111. The predicted molar refractivity (Wildman–Crippen MR) is 117 cm³/mol. The lowest BCUT2D eigenvalue weighted by Crippen LogP contribution is -2.09. The molecule has 0 spiro atoms. The second-order valence-electron chi connectivity index (χ2n) is 6.97. The quantitative estimate of drug-likeness (QED) is 0.412. The summed E-state index contributed by atoms with van der Waals surface area (Å²) in [6, 6.07) is 9.44. The van der Waals surface area contributed by atoms with Crippen molar-refractivity contribution < 1.29 is 28.2 Å². The fourth-order valence-electron chi connectivity index (χ4n) is 2.89. The number of rotatable bonds is 11. The first-order chi connectivity index (χ1) is 14.3. The van der Waals surface area contributed by atoms with E-state index >= 15 is 0 Å². The molecule has 30 heavy (non-hydrogen) atoms. The van der Waals surface area contributed by atoms with Crippen LogP contribution in [0.5, 0.6) is 5.75 Å². The number of hydrogen-bond acceptors (Lipinski definition) is 6. The topological polar surface area (TPSA) is 101 Å². The largest absolute Gasteiger partial charge is 0.494 e. The van der Waals surface area contributed by atoms with E-state index in [9.17, 15) is 18.3 Å². The maximum Gasteiger partial charge on any atom is 0.205 e. The molecule has 0 aliphatic heterocycles. The van der Waals surface area contributed by atoms with Crippen molar-refractivity contribution in [1.29, 1.82) is 0 Å². The molecule has 7 heteroatoms. The minimum Gasteiger partial charge on any atom is -0.494 e. The molecule has 6 nitrogen and oxygen atoms in total. The van der Waals surface area contributed by atoms with E-state index in [1.807, 2.05) is 36.4 Å². The molecule has 0 saturated carbocycles. The third-order valence-electron chi connectivity index (χ3n) is 4.44. The Morgan fingerprint density at radius 1 is 1.17 bits per heavy atom.